The molecule has 1 atom stereocenters. The highest BCUT2D eigenvalue weighted by molar-refractivity contribution is 6.55. The first-order chi connectivity index (χ1) is 9.66. The Labute approximate surface area is 147 Å². The highest BCUT2D eigenvalue weighted by atomic mass is 35.5. The van der Waals surface area contributed by atoms with Crippen molar-refractivity contribution in [2.45, 2.75) is 20.0 Å². The highest BCUT2D eigenvalue weighted by Crippen LogP contribution is 2.48. The molecule has 0 heterocycles. The van der Waals surface area contributed by atoms with Crippen molar-refractivity contribution in [3.8, 4) is 5.75 Å². The summed E-state index contributed by atoms with van der Waals surface area (Å²) in [5.74, 6) is -0.438. The lowest BCUT2D eigenvalue weighted by molar-refractivity contribution is -0.141. The van der Waals surface area contributed by atoms with E-state index in [1.54, 1.807) is 13.8 Å². The molecule has 1 aromatic carbocycles. The summed E-state index contributed by atoms with van der Waals surface area (Å²) in [5, 5.41) is 0.188. The van der Waals surface area contributed by atoms with E-state index in [1.807, 2.05) is 0 Å². The third-order valence-corrected chi connectivity index (χ3v) is 4.53. The Morgan fingerprint density at radius 3 is 1.90 bits per heavy atom. The van der Waals surface area contributed by atoms with Gasteiger partial charge in [0.2, 0.25) is 0 Å². The molecule has 1 rings (SSSR count). The van der Waals surface area contributed by atoms with E-state index in [0.29, 0.717) is 0 Å². The van der Waals surface area contributed by atoms with Gasteiger partial charge in [-0.15, -0.1) is 0 Å². The lowest BCUT2D eigenvalue weighted by Crippen LogP contribution is -2.22. The largest absolute Gasteiger partial charge is 0.484 e. The molecule has 1 aromatic rings. The Morgan fingerprint density at radius 2 is 1.48 bits per heavy atom. The van der Waals surface area contributed by atoms with Gasteiger partial charge in [0.15, 0.2) is 5.75 Å². The monoisotopic (exact) mass is 390 g/mol. The molecule has 3 nitrogen and oxygen atoms in total. The van der Waals surface area contributed by atoms with Gasteiger partial charge in [-0.25, -0.2) is 4.79 Å². The fourth-order valence-electron chi connectivity index (χ4n) is 1.24. The molecule has 0 aromatic heterocycles. The van der Waals surface area contributed by atoms with Crippen LogP contribution in [0.3, 0.4) is 0 Å². The number of hydrogen-bond donors (Lipinski definition) is 0. The summed E-state index contributed by atoms with van der Waals surface area (Å²) in [6, 6.07) is 0. The normalized spacial score (nSPS) is 12.0. The number of hydrogen-bond acceptors (Lipinski definition) is 3. The van der Waals surface area contributed by atoms with Crippen LogP contribution in [0.4, 0.5) is 0 Å². The lowest BCUT2D eigenvalue weighted by Gasteiger charge is -2.18. The number of ether oxygens (including phenoxy) is 2. The smallest absolute Gasteiger partial charge is 0.333 e. The van der Waals surface area contributed by atoms with Gasteiger partial charge in [0.1, 0.15) is 22.8 Å². The van der Waals surface area contributed by atoms with Crippen LogP contribution < -0.4 is 4.74 Å². The molecule has 8 heteroatoms. The molecule has 0 aliphatic rings. The Balaban J connectivity index is 2.89. The maximum Gasteiger partial charge on any atom is 0.333 e. The number of carbonyl (C=O) groups is 1. The van der Waals surface area contributed by atoms with E-state index in [0.717, 1.165) is 0 Å². The summed E-state index contributed by atoms with van der Waals surface area (Å²) in [6.45, 7) is 6.66. The summed E-state index contributed by atoms with van der Waals surface area (Å²) < 4.78 is 10.5. The second-order valence-corrected chi connectivity index (χ2v) is 6.10. The van der Waals surface area contributed by atoms with E-state index in [4.69, 9.17) is 67.5 Å². The van der Waals surface area contributed by atoms with E-state index in [1.165, 1.54) is 0 Å². The SMILES string of the molecule is C=C(C)C(=O)OCC(C)Oc1c(Cl)c(Cl)c(Cl)c(Cl)c1Cl. The molecule has 0 aliphatic heterocycles. The van der Waals surface area contributed by atoms with Gasteiger partial charge in [-0.05, 0) is 13.8 Å². The van der Waals surface area contributed by atoms with Gasteiger partial charge in [0.05, 0.1) is 15.1 Å². The topological polar surface area (TPSA) is 35.5 Å². The molecule has 0 fully saturated rings. The van der Waals surface area contributed by atoms with Gasteiger partial charge in [-0.3, -0.25) is 0 Å². The maximum atomic E-state index is 11.3. The summed E-state index contributed by atoms with van der Waals surface area (Å²) in [6.07, 6.45) is -0.531. The standard InChI is InChI=1S/C13H11Cl5O3/c1-5(2)13(19)20-4-6(3)21-12-10(17)8(15)7(14)9(16)11(12)18/h6H,1,4H2,2-3H3. The van der Waals surface area contributed by atoms with Crippen molar-refractivity contribution in [3.05, 3.63) is 37.3 Å². The Kier molecular flexibility index (Phi) is 6.95. The summed E-state index contributed by atoms with van der Waals surface area (Å²) in [5.41, 5.74) is 0.288. The van der Waals surface area contributed by atoms with Gasteiger partial charge >= 0.3 is 5.97 Å². The number of halogens is 5. The molecule has 0 spiro atoms. The zero-order chi connectivity index (χ0) is 16.3. The van der Waals surface area contributed by atoms with Crippen LogP contribution in [0.25, 0.3) is 0 Å². The average Bonchev–Trinajstić information content (AvgIpc) is 2.44. The van der Waals surface area contributed by atoms with Crippen molar-refractivity contribution in [2.24, 2.45) is 0 Å². The predicted molar refractivity (Wildman–Crippen MR) is 87.4 cm³/mol. The molecule has 0 bridgehead atoms. The molecule has 0 N–H and O–H groups in total. The lowest BCUT2D eigenvalue weighted by atomic mass is 10.3. The van der Waals surface area contributed by atoms with E-state index < -0.39 is 12.1 Å². The van der Waals surface area contributed by atoms with Crippen LogP contribution in [-0.2, 0) is 9.53 Å². The predicted octanol–water partition coefficient (Wildman–Crippen LogP) is 5.84. The Hall–Kier alpha value is -0.320. The summed E-state index contributed by atoms with van der Waals surface area (Å²) in [4.78, 5) is 11.3. The molecule has 21 heavy (non-hydrogen) atoms. The zero-order valence-electron chi connectivity index (χ0n) is 11.1. The van der Waals surface area contributed by atoms with Crippen molar-refractivity contribution >= 4 is 64.0 Å². The molecule has 0 saturated heterocycles. The van der Waals surface area contributed by atoms with Crippen LogP contribution in [0.1, 0.15) is 13.8 Å². The van der Waals surface area contributed by atoms with Crippen LogP contribution in [0.15, 0.2) is 12.2 Å². The molecular formula is C13H11Cl5O3. The second kappa shape index (κ2) is 7.80. The summed E-state index contributed by atoms with van der Waals surface area (Å²) >= 11 is 29.8. The third kappa shape index (κ3) is 4.57. The van der Waals surface area contributed by atoms with Gasteiger partial charge in [-0.2, -0.15) is 0 Å². The van der Waals surface area contributed by atoms with Crippen LogP contribution >= 0.6 is 58.0 Å². The molecule has 1 unspecified atom stereocenters. The van der Waals surface area contributed by atoms with E-state index in [2.05, 4.69) is 6.58 Å². The molecule has 0 radical (unpaired) electrons. The minimum absolute atomic E-state index is 0.0176. The molecule has 0 aliphatic carbocycles. The zero-order valence-corrected chi connectivity index (χ0v) is 14.9. The fourth-order valence-corrected chi connectivity index (χ4v) is 2.45. The van der Waals surface area contributed by atoms with Crippen molar-refractivity contribution < 1.29 is 14.3 Å². The Morgan fingerprint density at radius 1 is 1.05 bits per heavy atom. The van der Waals surface area contributed by atoms with Crippen molar-refractivity contribution in [1.82, 2.24) is 0 Å². The molecule has 0 amide bonds. The molecule has 116 valence electrons. The first kappa shape index (κ1) is 18.7. The number of benzene rings is 1. The van der Waals surface area contributed by atoms with Crippen LogP contribution in [0.2, 0.25) is 25.1 Å². The quantitative estimate of drug-likeness (QED) is 0.273. The first-order valence-electron chi connectivity index (χ1n) is 5.67. The van der Waals surface area contributed by atoms with Gasteiger partial charge < -0.3 is 9.47 Å². The minimum atomic E-state index is -0.531. The van der Waals surface area contributed by atoms with Crippen LogP contribution in [0.5, 0.6) is 5.75 Å². The van der Waals surface area contributed by atoms with E-state index >= 15 is 0 Å². The maximum absolute atomic E-state index is 11.3. The van der Waals surface area contributed by atoms with Gasteiger partial charge in [0, 0.05) is 5.57 Å². The molecule has 0 saturated carbocycles. The number of esters is 1. The number of rotatable bonds is 5. The molecular weight excluding hydrogens is 381 g/mol. The second-order valence-electron chi connectivity index (χ2n) is 4.21. The Bertz CT molecular complexity index is 557. The fraction of sp³-hybridized carbons (Fsp3) is 0.308. The van der Waals surface area contributed by atoms with Gasteiger partial charge in [0.25, 0.3) is 0 Å². The average molecular weight is 392 g/mol. The minimum Gasteiger partial charge on any atom is -0.484 e. The first-order valence-corrected chi connectivity index (χ1v) is 7.56. The summed E-state index contributed by atoms with van der Waals surface area (Å²) in [7, 11) is 0. The van der Waals surface area contributed by atoms with Crippen LogP contribution in [-0.4, -0.2) is 18.7 Å². The van der Waals surface area contributed by atoms with Crippen molar-refractivity contribution in [1.29, 1.82) is 0 Å². The van der Waals surface area contributed by atoms with E-state index in [-0.39, 0.29) is 43.0 Å². The highest BCUT2D eigenvalue weighted by Gasteiger charge is 2.22. The van der Waals surface area contributed by atoms with E-state index in [9.17, 15) is 4.79 Å². The van der Waals surface area contributed by atoms with Crippen LogP contribution in [0, 0.1) is 0 Å². The van der Waals surface area contributed by atoms with Crippen molar-refractivity contribution in [3.63, 3.8) is 0 Å². The number of carbonyl (C=O) groups excluding carboxylic acids is 1. The van der Waals surface area contributed by atoms with Gasteiger partial charge in [-0.1, -0.05) is 64.6 Å². The third-order valence-electron chi connectivity index (χ3n) is 2.29. The van der Waals surface area contributed by atoms with Crippen molar-refractivity contribution in [2.75, 3.05) is 6.61 Å².